The number of carbonyl (C=O) groups is 1. The van der Waals surface area contributed by atoms with Gasteiger partial charge in [0.15, 0.2) is 20.8 Å². The van der Waals surface area contributed by atoms with Crippen molar-refractivity contribution in [2.24, 2.45) is 5.11 Å². The maximum absolute atomic E-state index is 12.5. The molecule has 2 aliphatic rings. The molecule has 0 bridgehead atoms. The maximum Gasteiger partial charge on any atom is 0.407 e. The number of hydrogen-bond donors (Lipinski definition) is 1. The van der Waals surface area contributed by atoms with Crippen LogP contribution in [-0.4, -0.2) is 58.2 Å². The number of rotatable bonds is 10. The third-order valence-electron chi connectivity index (χ3n) is 6.53. The van der Waals surface area contributed by atoms with Crippen LogP contribution >= 0.6 is 0 Å². The first-order chi connectivity index (χ1) is 16.5. The van der Waals surface area contributed by atoms with Gasteiger partial charge in [0.05, 0.1) is 18.8 Å². The summed E-state index contributed by atoms with van der Waals surface area (Å²) >= 11 is 0. The number of benzene rings is 1. The van der Waals surface area contributed by atoms with Crippen LogP contribution in [0.3, 0.4) is 0 Å². The van der Waals surface area contributed by atoms with Crippen molar-refractivity contribution >= 4 is 14.4 Å². The van der Waals surface area contributed by atoms with E-state index in [0.717, 1.165) is 23.7 Å². The highest BCUT2D eigenvalue weighted by atomic mass is 28.4. The molecule has 1 N–H and O–H groups in total. The molecule has 6 atom stereocenters. The van der Waals surface area contributed by atoms with E-state index in [1.54, 1.807) is 0 Å². The summed E-state index contributed by atoms with van der Waals surface area (Å²) in [5.74, 6) is 0. The summed E-state index contributed by atoms with van der Waals surface area (Å²) in [6.45, 7) is 10.2. The first kappa shape index (κ1) is 26.2. The molecule has 11 heteroatoms. The summed E-state index contributed by atoms with van der Waals surface area (Å²) in [7, 11) is -2.17. The Morgan fingerprint density at radius 3 is 2.59 bits per heavy atom. The van der Waals surface area contributed by atoms with Crippen molar-refractivity contribution in [1.29, 1.82) is 0 Å². The minimum atomic E-state index is -2.17. The molecule has 1 aromatic rings. The third-order valence-corrected chi connectivity index (χ3v) is 11.2. The lowest BCUT2D eigenvalue weighted by Gasteiger charge is -2.50. The van der Waals surface area contributed by atoms with Crippen molar-refractivity contribution in [1.82, 2.24) is 5.32 Å². The molecule has 1 amide bonds. The molecule has 10 nitrogen and oxygen atoms in total. The van der Waals surface area contributed by atoms with Crippen LogP contribution < -0.4 is 5.32 Å². The van der Waals surface area contributed by atoms with Crippen LogP contribution in [0.5, 0.6) is 0 Å². The molecule has 2 saturated heterocycles. The van der Waals surface area contributed by atoms with Gasteiger partial charge in [-0.1, -0.05) is 68.9 Å². The summed E-state index contributed by atoms with van der Waals surface area (Å²) in [5.41, 5.74) is 10.1. The maximum atomic E-state index is 12.5. The molecule has 1 aromatic carbocycles. The normalized spacial score (nSPS) is 28.8. The Labute approximate surface area is 201 Å². The summed E-state index contributed by atoms with van der Waals surface area (Å²) < 4.78 is 30.4. The zero-order valence-corrected chi connectivity index (χ0v) is 21.0. The molecule has 186 valence electrons. The summed E-state index contributed by atoms with van der Waals surface area (Å²) in [6.07, 6.45) is -2.52. The third kappa shape index (κ3) is 5.98. The quantitative estimate of drug-likeness (QED) is 0.165. The number of hydrogen-bond acceptors (Lipinski definition) is 7. The lowest BCUT2D eigenvalue weighted by molar-refractivity contribution is -0.312. The number of carbonyl (C=O) groups excluding carboxylic acids is 1. The van der Waals surface area contributed by atoms with E-state index in [4.69, 9.17) is 23.4 Å². The van der Waals surface area contributed by atoms with Crippen LogP contribution in [0.2, 0.25) is 18.1 Å². The number of azide groups is 1. The van der Waals surface area contributed by atoms with Crippen LogP contribution in [0, 0.1) is 0 Å². The minimum Gasteiger partial charge on any atom is -0.445 e. The largest absolute Gasteiger partial charge is 0.445 e. The van der Waals surface area contributed by atoms with Gasteiger partial charge in [0, 0.05) is 10.5 Å². The predicted molar refractivity (Wildman–Crippen MR) is 128 cm³/mol. The fourth-order valence-corrected chi connectivity index (χ4v) is 7.27. The number of nitrogens with one attached hydrogen (secondary N) is 1. The first-order valence-electron chi connectivity index (χ1n) is 11.7. The van der Waals surface area contributed by atoms with Crippen LogP contribution in [0.4, 0.5) is 4.79 Å². The zero-order valence-electron chi connectivity index (χ0n) is 20.0. The monoisotopic (exact) mass is 490 g/mol. The number of fused-ring (bicyclic) bond motifs is 1. The molecule has 0 saturated carbocycles. The van der Waals surface area contributed by atoms with Gasteiger partial charge in [-0.2, -0.15) is 0 Å². The second kappa shape index (κ2) is 12.3. The minimum absolute atomic E-state index is 0.0428. The van der Waals surface area contributed by atoms with Crippen LogP contribution in [0.25, 0.3) is 10.4 Å². The van der Waals surface area contributed by atoms with Gasteiger partial charge < -0.3 is 28.7 Å². The Balaban J connectivity index is 1.96. The molecule has 0 radical (unpaired) electrons. The average Bonchev–Trinajstić information content (AvgIpc) is 2.88. The zero-order chi connectivity index (χ0) is 24.6. The van der Waals surface area contributed by atoms with Gasteiger partial charge in [-0.15, -0.1) is 0 Å². The second-order valence-electron chi connectivity index (χ2n) is 8.33. The molecule has 2 aliphatic heterocycles. The number of ether oxygens (including phenoxy) is 4. The van der Waals surface area contributed by atoms with Crippen molar-refractivity contribution < 1.29 is 28.2 Å². The molecule has 2 fully saturated rings. The van der Waals surface area contributed by atoms with E-state index in [-0.39, 0.29) is 13.2 Å². The summed E-state index contributed by atoms with van der Waals surface area (Å²) in [4.78, 5) is 15.4. The Hall–Kier alpha value is -2.40. The fraction of sp³-hybridized carbons (Fsp3) is 0.609. The predicted octanol–water partition coefficient (Wildman–Crippen LogP) is 4.81. The van der Waals surface area contributed by atoms with Gasteiger partial charge in [0.2, 0.25) is 0 Å². The van der Waals surface area contributed by atoms with Crippen molar-refractivity contribution in [2.75, 3.05) is 13.2 Å². The number of nitrogens with zero attached hydrogens (tertiary/aromatic N) is 3. The second-order valence-corrected chi connectivity index (χ2v) is 13.1. The highest BCUT2D eigenvalue weighted by molar-refractivity contribution is 6.73. The van der Waals surface area contributed by atoms with E-state index in [2.05, 4.69) is 42.7 Å². The molecule has 0 spiro atoms. The Morgan fingerprint density at radius 1 is 1.26 bits per heavy atom. The lowest BCUT2D eigenvalue weighted by atomic mass is 9.95. The van der Waals surface area contributed by atoms with E-state index in [1.165, 1.54) is 6.08 Å². The van der Waals surface area contributed by atoms with Crippen molar-refractivity contribution in [3.63, 3.8) is 0 Å². The van der Waals surface area contributed by atoms with Crippen LogP contribution in [0.1, 0.15) is 32.6 Å². The van der Waals surface area contributed by atoms with Crippen molar-refractivity contribution in [3.8, 4) is 0 Å². The average molecular weight is 491 g/mol. The molecule has 0 aliphatic carbocycles. The molecule has 0 unspecified atom stereocenters. The van der Waals surface area contributed by atoms with E-state index in [0.29, 0.717) is 0 Å². The van der Waals surface area contributed by atoms with Crippen LogP contribution in [0.15, 0.2) is 48.1 Å². The Kier molecular flexibility index (Phi) is 9.51. The van der Waals surface area contributed by atoms with Gasteiger partial charge in [-0.3, -0.25) is 0 Å². The molecule has 3 rings (SSSR count). The van der Waals surface area contributed by atoms with Crippen molar-refractivity contribution in [3.05, 3.63) is 59.0 Å². The van der Waals surface area contributed by atoms with Crippen molar-refractivity contribution in [2.45, 2.75) is 75.8 Å². The highest BCUT2D eigenvalue weighted by Crippen LogP contribution is 2.38. The Morgan fingerprint density at radius 2 is 1.97 bits per heavy atom. The standard InChI is InChI=1S/C23H34N4O6Si/c1-5-14-29-23(28)25-18-20(33-34(6-2,7-3)8-4)19-17(31-21(18)26-27-24)15-30-22(32-19)16-12-10-9-11-13-16/h5,9-13,17-22H,1,6-8,14-15H2,2-4H3,(H,25,28)/t17-,18-,19-,20-,21-,22-/m1/s1. The van der Waals surface area contributed by atoms with Gasteiger partial charge in [0.1, 0.15) is 18.8 Å². The molecule has 2 heterocycles. The molecular formula is C23H34N4O6Si. The molecular weight excluding hydrogens is 456 g/mol. The van der Waals surface area contributed by atoms with E-state index < -0.39 is 51.3 Å². The van der Waals surface area contributed by atoms with Gasteiger partial charge in [-0.25, -0.2) is 4.79 Å². The lowest BCUT2D eigenvalue weighted by Crippen LogP contribution is -2.68. The smallest absolute Gasteiger partial charge is 0.407 e. The van der Waals surface area contributed by atoms with Crippen LogP contribution in [-0.2, 0) is 23.4 Å². The summed E-state index contributed by atoms with van der Waals surface area (Å²) in [5, 5.41) is 6.62. The number of amides is 1. The number of alkyl carbamates (subject to hydrolysis) is 1. The van der Waals surface area contributed by atoms with Gasteiger partial charge in [-0.05, 0) is 23.7 Å². The SMILES string of the molecule is C=CCOC(=O)N[C@@H]1[C@@H](O[Si](CC)(CC)CC)[C@@H]2O[C@H](c3ccccc3)OC[C@H]2O[C@H]1N=[N+]=[N-]. The highest BCUT2D eigenvalue weighted by Gasteiger charge is 2.53. The summed E-state index contributed by atoms with van der Waals surface area (Å²) in [6, 6.07) is 11.5. The van der Waals surface area contributed by atoms with E-state index in [1.807, 2.05) is 30.3 Å². The Bertz CT molecular complexity index is 856. The molecule has 0 aromatic heterocycles. The molecule has 34 heavy (non-hydrogen) atoms. The van der Waals surface area contributed by atoms with E-state index in [9.17, 15) is 10.3 Å². The fourth-order valence-electron chi connectivity index (χ4n) is 4.41. The topological polar surface area (TPSA) is 124 Å². The van der Waals surface area contributed by atoms with Gasteiger partial charge >= 0.3 is 6.09 Å². The first-order valence-corrected chi connectivity index (χ1v) is 14.3. The van der Waals surface area contributed by atoms with Gasteiger partial charge in [0.25, 0.3) is 0 Å². The van der Waals surface area contributed by atoms with E-state index >= 15 is 0 Å².